The number of anilines is 1. The van der Waals surface area contributed by atoms with Crippen molar-refractivity contribution in [2.45, 2.75) is 49.2 Å². The van der Waals surface area contributed by atoms with Crippen molar-refractivity contribution in [1.82, 2.24) is 5.06 Å². The topological polar surface area (TPSA) is 108 Å². The van der Waals surface area contributed by atoms with Gasteiger partial charge >= 0.3 is 6.03 Å². The minimum Gasteiger partial charge on any atom is -0.493 e. The molecule has 3 aromatic carbocycles. The van der Waals surface area contributed by atoms with Gasteiger partial charge < -0.3 is 33.7 Å². The molecule has 3 atom stereocenters. The Morgan fingerprint density at radius 1 is 0.891 bits per heavy atom. The van der Waals surface area contributed by atoms with Gasteiger partial charge in [-0.15, -0.1) is 0 Å². The Bertz CT molecular complexity index is 1530. The number of rotatable bonds is 12. The summed E-state index contributed by atoms with van der Waals surface area (Å²) in [7, 11) is 5.88. The molecule has 46 heavy (non-hydrogen) atoms. The summed E-state index contributed by atoms with van der Waals surface area (Å²) in [6.45, 7) is 2.89. The number of hydrogen-bond acceptors (Lipinski definition) is 9. The molecule has 3 unspecified atom stereocenters. The highest BCUT2D eigenvalue weighted by molar-refractivity contribution is 7.99. The van der Waals surface area contributed by atoms with E-state index in [2.05, 4.69) is 5.32 Å². The molecule has 15 heteroatoms. The van der Waals surface area contributed by atoms with Crippen molar-refractivity contribution in [2.24, 2.45) is 0 Å². The van der Waals surface area contributed by atoms with Crippen molar-refractivity contribution in [3.8, 4) is 28.7 Å². The van der Waals surface area contributed by atoms with Crippen molar-refractivity contribution in [3.05, 3.63) is 64.7 Å². The van der Waals surface area contributed by atoms with Crippen molar-refractivity contribution in [2.75, 3.05) is 40.3 Å². The van der Waals surface area contributed by atoms with E-state index in [-0.39, 0.29) is 35.9 Å². The summed E-state index contributed by atoms with van der Waals surface area (Å²) in [5, 5.41) is 13.0. The first-order chi connectivity index (χ1) is 21.9. The summed E-state index contributed by atoms with van der Waals surface area (Å²) in [4.78, 5) is 11.8. The zero-order valence-corrected chi connectivity index (χ0v) is 26.7. The molecule has 0 aromatic heterocycles. The number of amides is 2. The fourth-order valence-corrected chi connectivity index (χ4v) is 5.80. The second-order valence-corrected chi connectivity index (χ2v) is 11.3. The average Bonchev–Trinajstić information content (AvgIpc) is 3.55. The van der Waals surface area contributed by atoms with Gasteiger partial charge in [-0.25, -0.2) is 27.4 Å². The molecule has 0 radical (unpaired) electrons. The van der Waals surface area contributed by atoms with Crippen LogP contribution in [0.15, 0.2) is 35.2 Å². The quantitative estimate of drug-likeness (QED) is 0.0502. The molecule has 0 aliphatic carbocycles. The molecule has 1 heterocycles. The first kappa shape index (κ1) is 34.8. The highest BCUT2D eigenvalue weighted by atomic mass is 32.2. The molecule has 0 spiro atoms. The normalized spacial score (nSPS) is 16.5. The third-order valence-corrected chi connectivity index (χ3v) is 8.18. The molecule has 2 N–H and O–H groups in total. The molecule has 10 nitrogen and oxygen atoms in total. The lowest BCUT2D eigenvalue weighted by Gasteiger charge is -2.23. The van der Waals surface area contributed by atoms with Gasteiger partial charge in [-0.2, -0.15) is 0 Å². The van der Waals surface area contributed by atoms with Crippen molar-refractivity contribution in [1.29, 1.82) is 0 Å². The van der Waals surface area contributed by atoms with Crippen molar-refractivity contribution >= 4 is 23.5 Å². The molecule has 1 aliphatic heterocycles. The summed E-state index contributed by atoms with van der Waals surface area (Å²) in [5.41, 5.74) is 0.255. The van der Waals surface area contributed by atoms with E-state index in [0.717, 1.165) is 5.56 Å². The molecule has 1 aliphatic rings. The fraction of sp³-hybridized carbons (Fsp3) is 0.387. The highest BCUT2D eigenvalue weighted by Gasteiger charge is 2.32. The number of ether oxygens (including phenoxy) is 6. The van der Waals surface area contributed by atoms with Crippen LogP contribution in [0.25, 0.3) is 0 Å². The van der Waals surface area contributed by atoms with Gasteiger partial charge in [0.2, 0.25) is 5.75 Å². The second kappa shape index (κ2) is 15.0. The average molecular weight is 671 g/mol. The van der Waals surface area contributed by atoms with Crippen LogP contribution >= 0.6 is 11.8 Å². The van der Waals surface area contributed by atoms with Crippen LogP contribution in [0.2, 0.25) is 0 Å². The van der Waals surface area contributed by atoms with Gasteiger partial charge in [-0.1, -0.05) is 11.8 Å². The first-order valence-electron chi connectivity index (χ1n) is 14.1. The predicted octanol–water partition coefficient (Wildman–Crippen LogP) is 7.63. The maximum Gasteiger partial charge on any atom is 0.345 e. The SMILES string of the molecule is CCN(O)C(=O)Nc1cc(C2CCC(c3cc(OC)c(OC)c(OC)c3)O2)cc(OC)c1OC(C)Sc1c(F)c(F)cc(F)c1F. The van der Waals surface area contributed by atoms with Crippen LogP contribution in [0.3, 0.4) is 0 Å². The predicted molar refractivity (Wildman–Crippen MR) is 160 cm³/mol. The van der Waals surface area contributed by atoms with E-state index in [1.807, 2.05) is 0 Å². The van der Waals surface area contributed by atoms with Gasteiger partial charge in [0.05, 0.1) is 51.2 Å². The molecule has 0 bridgehead atoms. The van der Waals surface area contributed by atoms with E-state index in [1.165, 1.54) is 35.4 Å². The number of benzene rings is 3. The molecular formula is C31H34F4N2O8S. The molecule has 0 saturated carbocycles. The van der Waals surface area contributed by atoms with E-state index in [1.54, 1.807) is 31.2 Å². The zero-order valence-electron chi connectivity index (χ0n) is 25.9. The highest BCUT2D eigenvalue weighted by Crippen LogP contribution is 2.48. The van der Waals surface area contributed by atoms with Crippen LogP contribution in [0.1, 0.15) is 50.0 Å². The van der Waals surface area contributed by atoms with E-state index >= 15 is 0 Å². The number of carbonyl (C=O) groups is 1. The molecule has 250 valence electrons. The maximum absolute atomic E-state index is 14.4. The van der Waals surface area contributed by atoms with Gasteiger partial charge in [0.1, 0.15) is 5.44 Å². The minimum atomic E-state index is -1.57. The number of hydrogen-bond donors (Lipinski definition) is 2. The number of thioether (sulfide) groups is 1. The number of hydroxylamine groups is 2. The van der Waals surface area contributed by atoms with Crippen LogP contribution in [0, 0.1) is 23.3 Å². The fourth-order valence-electron chi connectivity index (χ4n) is 4.92. The smallest absolute Gasteiger partial charge is 0.345 e. The monoisotopic (exact) mass is 670 g/mol. The van der Waals surface area contributed by atoms with Gasteiger partial charge in [-0.3, -0.25) is 5.21 Å². The number of urea groups is 1. The third kappa shape index (κ3) is 7.32. The molecule has 1 saturated heterocycles. The Balaban J connectivity index is 1.67. The van der Waals surface area contributed by atoms with E-state index in [0.29, 0.717) is 52.5 Å². The number of methoxy groups -OCH3 is 4. The number of carbonyl (C=O) groups excluding carboxylic acids is 1. The second-order valence-electron chi connectivity index (χ2n) is 10.00. The van der Waals surface area contributed by atoms with Crippen LogP contribution in [0.4, 0.5) is 28.0 Å². The largest absolute Gasteiger partial charge is 0.493 e. The Morgan fingerprint density at radius 3 is 1.87 bits per heavy atom. The van der Waals surface area contributed by atoms with Crippen molar-refractivity contribution in [3.63, 3.8) is 0 Å². The molecule has 3 aromatic rings. The van der Waals surface area contributed by atoms with Gasteiger partial charge in [-0.05, 0) is 62.1 Å². The zero-order chi connectivity index (χ0) is 33.7. The Morgan fingerprint density at radius 2 is 1.39 bits per heavy atom. The lowest BCUT2D eigenvalue weighted by Crippen LogP contribution is -2.32. The van der Waals surface area contributed by atoms with E-state index in [9.17, 15) is 27.6 Å². The van der Waals surface area contributed by atoms with Crippen LogP contribution in [0.5, 0.6) is 28.7 Å². The van der Waals surface area contributed by atoms with Crippen LogP contribution in [-0.4, -0.2) is 56.7 Å². The minimum absolute atomic E-state index is 0.0329. The third-order valence-electron chi connectivity index (χ3n) is 7.16. The van der Waals surface area contributed by atoms with Crippen LogP contribution in [-0.2, 0) is 4.74 Å². The maximum atomic E-state index is 14.4. The molecule has 1 fully saturated rings. The lowest BCUT2D eigenvalue weighted by molar-refractivity contribution is -0.0324. The van der Waals surface area contributed by atoms with Gasteiger partial charge in [0.15, 0.2) is 46.3 Å². The van der Waals surface area contributed by atoms with Gasteiger partial charge in [0, 0.05) is 12.6 Å². The standard InChI is InChI=1S/C31H34F4N2O8S/c1-7-37(39)31(38)36-20-10-16(21-8-9-22(45-21)17-12-24(41-4)29(43-6)25(13-17)42-5)11-23(40-3)28(20)44-15(2)46-30-26(34)18(32)14-19(33)27(30)35/h10-15,21-22,39H,7-9H2,1-6H3,(H,36,38). The lowest BCUT2D eigenvalue weighted by atomic mass is 10.0. The molecule has 4 rings (SSSR count). The summed E-state index contributed by atoms with van der Waals surface area (Å²) < 4.78 is 90.6. The number of halogens is 4. The van der Waals surface area contributed by atoms with E-state index in [4.69, 9.17) is 28.4 Å². The van der Waals surface area contributed by atoms with Crippen LogP contribution < -0.4 is 29.0 Å². The molecular weight excluding hydrogens is 636 g/mol. The summed E-state index contributed by atoms with van der Waals surface area (Å²) >= 11 is 0.379. The number of nitrogens with zero attached hydrogens (tertiary/aromatic N) is 1. The summed E-state index contributed by atoms with van der Waals surface area (Å²) in [6, 6.07) is 5.98. The summed E-state index contributed by atoms with van der Waals surface area (Å²) in [5.74, 6) is -4.87. The summed E-state index contributed by atoms with van der Waals surface area (Å²) in [6.07, 6.45) is 0.333. The van der Waals surface area contributed by atoms with Crippen molar-refractivity contribution < 1.29 is 56.0 Å². The number of nitrogens with one attached hydrogen (secondary N) is 1. The first-order valence-corrected chi connectivity index (χ1v) is 14.9. The van der Waals surface area contributed by atoms with Gasteiger partial charge in [0.25, 0.3) is 0 Å². The Labute approximate surface area is 267 Å². The Kier molecular flexibility index (Phi) is 11.3. The molecule has 2 amide bonds. The Hall–Kier alpha value is -4.08. The van der Waals surface area contributed by atoms with E-state index < -0.39 is 45.7 Å².